The van der Waals surface area contributed by atoms with E-state index in [9.17, 15) is 4.79 Å². The molecule has 0 heterocycles. The SMILES string of the molecule is CC12CCC(C1)C(C)(C)C2NCC(=O)N(CCc1ccccc1)Cc1ccccc1. The smallest absolute Gasteiger partial charge is 0.236 e. The van der Waals surface area contributed by atoms with Crippen LogP contribution in [0.2, 0.25) is 0 Å². The maximum absolute atomic E-state index is 13.3. The Morgan fingerprint density at radius 1 is 1.00 bits per heavy atom. The van der Waals surface area contributed by atoms with Crippen LogP contribution in [-0.4, -0.2) is 29.9 Å². The molecule has 3 nitrogen and oxygen atoms in total. The maximum Gasteiger partial charge on any atom is 0.236 e. The van der Waals surface area contributed by atoms with E-state index in [-0.39, 0.29) is 11.3 Å². The van der Waals surface area contributed by atoms with Crippen molar-refractivity contribution in [3.05, 3.63) is 71.8 Å². The van der Waals surface area contributed by atoms with Gasteiger partial charge >= 0.3 is 0 Å². The normalized spacial score (nSPS) is 26.6. The zero-order valence-electron chi connectivity index (χ0n) is 18.7. The summed E-state index contributed by atoms with van der Waals surface area (Å²) >= 11 is 0. The van der Waals surface area contributed by atoms with E-state index in [0.717, 1.165) is 18.9 Å². The Bertz CT molecular complexity index is 843. The van der Waals surface area contributed by atoms with Crippen LogP contribution in [0.5, 0.6) is 0 Å². The average Bonchev–Trinajstić information content (AvgIpc) is 3.23. The van der Waals surface area contributed by atoms with E-state index in [1.165, 1.54) is 30.4 Å². The van der Waals surface area contributed by atoms with E-state index in [4.69, 9.17) is 0 Å². The van der Waals surface area contributed by atoms with Crippen molar-refractivity contribution in [2.24, 2.45) is 16.7 Å². The molecule has 160 valence electrons. The molecule has 0 radical (unpaired) electrons. The van der Waals surface area contributed by atoms with Crippen LogP contribution in [-0.2, 0) is 17.8 Å². The highest BCUT2D eigenvalue weighted by molar-refractivity contribution is 5.78. The fourth-order valence-electron chi connectivity index (χ4n) is 6.12. The molecule has 3 heteroatoms. The molecule has 3 unspecified atom stereocenters. The van der Waals surface area contributed by atoms with Crippen LogP contribution in [0, 0.1) is 16.7 Å². The number of rotatable bonds is 8. The van der Waals surface area contributed by atoms with Gasteiger partial charge in [0.2, 0.25) is 5.91 Å². The second-order valence-electron chi connectivity index (χ2n) is 10.3. The summed E-state index contributed by atoms with van der Waals surface area (Å²) in [7, 11) is 0. The molecule has 2 aromatic carbocycles. The fraction of sp³-hybridized carbons (Fsp3) is 0.519. The van der Waals surface area contributed by atoms with Gasteiger partial charge in [0.05, 0.1) is 6.54 Å². The van der Waals surface area contributed by atoms with Gasteiger partial charge in [-0.25, -0.2) is 0 Å². The summed E-state index contributed by atoms with van der Waals surface area (Å²) in [6.45, 7) is 9.04. The van der Waals surface area contributed by atoms with Crippen LogP contribution in [0.4, 0.5) is 0 Å². The molecule has 0 aromatic heterocycles. The van der Waals surface area contributed by atoms with Crippen molar-refractivity contribution in [3.8, 4) is 0 Å². The first-order valence-electron chi connectivity index (χ1n) is 11.5. The Hall–Kier alpha value is -2.13. The third kappa shape index (κ3) is 4.32. The molecule has 2 aliphatic carbocycles. The number of carbonyl (C=O) groups excluding carboxylic acids is 1. The number of nitrogens with one attached hydrogen (secondary N) is 1. The number of benzene rings is 2. The van der Waals surface area contributed by atoms with Gasteiger partial charge in [-0.3, -0.25) is 4.79 Å². The van der Waals surface area contributed by atoms with Gasteiger partial charge in [0.1, 0.15) is 0 Å². The largest absolute Gasteiger partial charge is 0.337 e. The molecule has 4 rings (SSSR count). The van der Waals surface area contributed by atoms with Crippen LogP contribution in [0.15, 0.2) is 60.7 Å². The number of fused-ring (bicyclic) bond motifs is 2. The third-order valence-corrected chi connectivity index (χ3v) is 7.81. The number of hydrogen-bond acceptors (Lipinski definition) is 2. The van der Waals surface area contributed by atoms with Gasteiger partial charge < -0.3 is 10.2 Å². The summed E-state index contributed by atoms with van der Waals surface area (Å²) in [6, 6.07) is 21.2. The summed E-state index contributed by atoms with van der Waals surface area (Å²) in [5, 5.41) is 3.72. The van der Waals surface area contributed by atoms with Crippen molar-refractivity contribution in [2.45, 2.75) is 59.0 Å². The van der Waals surface area contributed by atoms with Gasteiger partial charge in [-0.15, -0.1) is 0 Å². The van der Waals surface area contributed by atoms with Gasteiger partial charge in [-0.05, 0) is 53.6 Å². The number of carbonyl (C=O) groups is 1. The van der Waals surface area contributed by atoms with Crippen LogP contribution in [0.1, 0.15) is 51.2 Å². The lowest BCUT2D eigenvalue weighted by molar-refractivity contribution is -0.131. The fourth-order valence-corrected chi connectivity index (χ4v) is 6.12. The van der Waals surface area contributed by atoms with Crippen LogP contribution in [0.3, 0.4) is 0 Å². The quantitative estimate of drug-likeness (QED) is 0.667. The van der Waals surface area contributed by atoms with E-state index < -0.39 is 0 Å². The predicted molar refractivity (Wildman–Crippen MR) is 123 cm³/mol. The minimum absolute atomic E-state index is 0.206. The zero-order chi connectivity index (χ0) is 21.2. The van der Waals surface area contributed by atoms with Gasteiger partial charge in [-0.1, -0.05) is 81.4 Å². The molecule has 0 aliphatic heterocycles. The van der Waals surface area contributed by atoms with E-state index in [2.05, 4.69) is 62.5 Å². The van der Waals surface area contributed by atoms with Gasteiger partial charge in [0, 0.05) is 19.1 Å². The number of nitrogens with zero attached hydrogens (tertiary/aromatic N) is 1. The highest BCUT2D eigenvalue weighted by Gasteiger charge is 2.59. The van der Waals surface area contributed by atoms with E-state index in [1.54, 1.807) is 0 Å². The summed E-state index contributed by atoms with van der Waals surface area (Å²) < 4.78 is 0. The second kappa shape index (κ2) is 8.55. The Labute approximate surface area is 181 Å². The van der Waals surface area contributed by atoms with Gasteiger partial charge in [0.25, 0.3) is 0 Å². The molecule has 2 bridgehead atoms. The number of amides is 1. The van der Waals surface area contributed by atoms with Crippen molar-refractivity contribution >= 4 is 5.91 Å². The van der Waals surface area contributed by atoms with E-state index in [1.807, 2.05) is 29.2 Å². The first-order chi connectivity index (χ1) is 14.4. The molecule has 2 saturated carbocycles. The molecule has 2 aliphatic rings. The summed E-state index contributed by atoms with van der Waals surface area (Å²) in [6.07, 6.45) is 4.81. The standard InChI is InChI=1S/C27H36N2O/c1-26(2)23-14-16-27(3,18-23)25(26)28-19-24(30)29(20-22-12-8-5-9-13-22)17-15-21-10-6-4-7-11-21/h4-13,23,25,28H,14-20H2,1-3H3. The minimum atomic E-state index is 0.206. The topological polar surface area (TPSA) is 32.3 Å². The minimum Gasteiger partial charge on any atom is -0.337 e. The Morgan fingerprint density at radius 3 is 2.23 bits per heavy atom. The molecule has 30 heavy (non-hydrogen) atoms. The summed E-state index contributed by atoms with van der Waals surface area (Å²) in [5.41, 5.74) is 3.06. The van der Waals surface area contributed by atoms with Crippen molar-refractivity contribution in [1.82, 2.24) is 10.2 Å². The van der Waals surface area contributed by atoms with E-state index >= 15 is 0 Å². The van der Waals surface area contributed by atoms with E-state index in [0.29, 0.717) is 24.5 Å². The lowest BCUT2D eigenvalue weighted by Gasteiger charge is -2.43. The summed E-state index contributed by atoms with van der Waals surface area (Å²) in [5.74, 6) is 0.991. The molecule has 2 aromatic rings. The molecule has 1 amide bonds. The Kier molecular flexibility index (Phi) is 6.02. The van der Waals surface area contributed by atoms with Crippen LogP contribution < -0.4 is 5.32 Å². The van der Waals surface area contributed by atoms with Crippen molar-refractivity contribution < 1.29 is 4.79 Å². The van der Waals surface area contributed by atoms with Gasteiger partial charge in [-0.2, -0.15) is 0 Å². The molecular formula is C27H36N2O. The van der Waals surface area contributed by atoms with Crippen LogP contribution in [0.25, 0.3) is 0 Å². The van der Waals surface area contributed by atoms with Crippen molar-refractivity contribution in [1.29, 1.82) is 0 Å². The second-order valence-corrected chi connectivity index (χ2v) is 10.3. The average molecular weight is 405 g/mol. The molecule has 1 N–H and O–H groups in total. The predicted octanol–water partition coefficient (Wildman–Crippen LogP) is 5.06. The monoisotopic (exact) mass is 404 g/mol. The highest BCUT2D eigenvalue weighted by atomic mass is 16.2. The number of hydrogen-bond donors (Lipinski definition) is 1. The third-order valence-electron chi connectivity index (χ3n) is 7.81. The van der Waals surface area contributed by atoms with Crippen molar-refractivity contribution in [3.63, 3.8) is 0 Å². The Balaban J connectivity index is 1.42. The molecular weight excluding hydrogens is 368 g/mol. The molecule has 0 spiro atoms. The Morgan fingerprint density at radius 2 is 1.63 bits per heavy atom. The molecule has 3 atom stereocenters. The van der Waals surface area contributed by atoms with Crippen LogP contribution >= 0.6 is 0 Å². The first kappa shape index (κ1) is 21.1. The first-order valence-corrected chi connectivity index (χ1v) is 11.5. The maximum atomic E-state index is 13.3. The molecule has 2 fully saturated rings. The lowest BCUT2D eigenvalue weighted by Crippen LogP contribution is -2.53. The van der Waals surface area contributed by atoms with Crippen molar-refractivity contribution in [2.75, 3.05) is 13.1 Å². The van der Waals surface area contributed by atoms with Gasteiger partial charge in [0.15, 0.2) is 0 Å². The summed E-state index contributed by atoms with van der Waals surface area (Å²) in [4.78, 5) is 15.3. The lowest BCUT2D eigenvalue weighted by atomic mass is 9.68. The highest BCUT2D eigenvalue weighted by Crippen LogP contribution is 2.62. The zero-order valence-corrected chi connectivity index (χ0v) is 18.7. The molecule has 0 saturated heterocycles.